The molecule has 6 heteroatoms. The van der Waals surface area contributed by atoms with Gasteiger partial charge < -0.3 is 14.2 Å². The highest BCUT2D eigenvalue weighted by Gasteiger charge is 2.38. The molecule has 0 heterocycles. The molecule has 0 bridgehead atoms. The summed E-state index contributed by atoms with van der Waals surface area (Å²) in [7, 11) is 1.52. The third kappa shape index (κ3) is 4.22. The van der Waals surface area contributed by atoms with Gasteiger partial charge in [0.05, 0.1) is 32.3 Å². The number of carbonyl (C=O) groups excluding carboxylic acids is 2. The first-order valence-electron chi connectivity index (χ1n) is 6.95. The Kier molecular flexibility index (Phi) is 6.90. The Labute approximate surface area is 129 Å². The second-order valence-electron chi connectivity index (χ2n) is 4.36. The van der Waals surface area contributed by atoms with Gasteiger partial charge in [-0.2, -0.15) is 5.26 Å². The minimum absolute atomic E-state index is 0.121. The van der Waals surface area contributed by atoms with Crippen molar-refractivity contribution in [2.75, 3.05) is 20.3 Å². The number of esters is 2. The molecule has 0 fully saturated rings. The first-order valence-corrected chi connectivity index (χ1v) is 6.95. The molecule has 0 spiro atoms. The summed E-state index contributed by atoms with van der Waals surface area (Å²) in [6.45, 7) is 3.51. The van der Waals surface area contributed by atoms with E-state index in [2.05, 4.69) is 0 Å². The van der Waals surface area contributed by atoms with E-state index in [1.807, 2.05) is 6.07 Å². The van der Waals surface area contributed by atoms with Crippen LogP contribution in [-0.2, 0) is 19.1 Å². The Balaban J connectivity index is 3.14. The summed E-state index contributed by atoms with van der Waals surface area (Å²) in [4.78, 5) is 24.1. The van der Waals surface area contributed by atoms with Crippen LogP contribution >= 0.6 is 0 Å². The first-order chi connectivity index (χ1) is 10.6. The lowest BCUT2D eigenvalue weighted by molar-refractivity contribution is -0.162. The van der Waals surface area contributed by atoms with E-state index in [0.29, 0.717) is 11.3 Å². The molecule has 1 atom stereocenters. The number of rotatable bonds is 7. The third-order valence-corrected chi connectivity index (χ3v) is 3.03. The van der Waals surface area contributed by atoms with E-state index in [1.54, 1.807) is 38.1 Å². The Hall–Kier alpha value is -2.55. The molecule has 0 N–H and O–H groups in total. The van der Waals surface area contributed by atoms with Crippen LogP contribution in [0, 0.1) is 17.2 Å². The number of hydrogen-bond acceptors (Lipinski definition) is 6. The van der Waals surface area contributed by atoms with Crippen molar-refractivity contribution in [1.29, 1.82) is 5.26 Å². The molecule has 6 nitrogen and oxygen atoms in total. The molecule has 0 amide bonds. The summed E-state index contributed by atoms with van der Waals surface area (Å²) in [6, 6.07) is 8.59. The Bertz CT molecular complexity index is 529. The van der Waals surface area contributed by atoms with Gasteiger partial charge in [0, 0.05) is 0 Å². The van der Waals surface area contributed by atoms with Crippen LogP contribution in [-0.4, -0.2) is 32.3 Å². The van der Waals surface area contributed by atoms with Crippen molar-refractivity contribution in [3.05, 3.63) is 29.8 Å². The molecule has 1 unspecified atom stereocenters. The Morgan fingerprint density at radius 1 is 1.09 bits per heavy atom. The van der Waals surface area contributed by atoms with Gasteiger partial charge in [-0.15, -0.1) is 0 Å². The molecule has 0 aliphatic carbocycles. The fourth-order valence-corrected chi connectivity index (χ4v) is 1.99. The van der Waals surface area contributed by atoms with Crippen molar-refractivity contribution < 1.29 is 23.8 Å². The molecule has 1 rings (SSSR count). The quantitative estimate of drug-likeness (QED) is 0.566. The monoisotopic (exact) mass is 305 g/mol. The summed E-state index contributed by atoms with van der Waals surface area (Å²) in [5, 5.41) is 9.41. The SMILES string of the molecule is CCOC(=O)C(C(=O)OCC)C(C#N)c1ccc(OC)cc1. The van der Waals surface area contributed by atoms with E-state index in [0.717, 1.165) is 0 Å². The summed E-state index contributed by atoms with van der Waals surface area (Å²) in [5.74, 6) is -3.20. The smallest absolute Gasteiger partial charge is 0.322 e. The summed E-state index contributed by atoms with van der Waals surface area (Å²) in [5.41, 5.74) is 0.523. The standard InChI is InChI=1S/C16H19NO5/c1-4-21-15(18)14(16(19)22-5-2)13(10-17)11-6-8-12(20-3)9-7-11/h6-9,13-14H,4-5H2,1-3H3. The van der Waals surface area contributed by atoms with Gasteiger partial charge in [-0.3, -0.25) is 9.59 Å². The molecule has 0 aliphatic rings. The number of nitriles is 1. The molecule has 0 radical (unpaired) electrons. The van der Waals surface area contributed by atoms with Crippen molar-refractivity contribution in [2.45, 2.75) is 19.8 Å². The highest BCUT2D eigenvalue weighted by atomic mass is 16.6. The van der Waals surface area contributed by atoms with Gasteiger partial charge in [0.2, 0.25) is 0 Å². The topological polar surface area (TPSA) is 85.6 Å². The lowest BCUT2D eigenvalue weighted by Gasteiger charge is -2.19. The number of nitrogens with zero attached hydrogens (tertiary/aromatic N) is 1. The largest absolute Gasteiger partial charge is 0.497 e. The van der Waals surface area contributed by atoms with Gasteiger partial charge in [-0.1, -0.05) is 12.1 Å². The third-order valence-electron chi connectivity index (χ3n) is 3.03. The van der Waals surface area contributed by atoms with Crippen molar-refractivity contribution in [3.8, 4) is 11.8 Å². The number of hydrogen-bond donors (Lipinski definition) is 0. The van der Waals surface area contributed by atoms with E-state index < -0.39 is 23.8 Å². The van der Waals surface area contributed by atoms with Crippen LogP contribution in [0.3, 0.4) is 0 Å². The fraction of sp³-hybridized carbons (Fsp3) is 0.438. The average molecular weight is 305 g/mol. The molecule has 22 heavy (non-hydrogen) atoms. The van der Waals surface area contributed by atoms with Crippen LogP contribution in [0.1, 0.15) is 25.3 Å². The van der Waals surface area contributed by atoms with E-state index >= 15 is 0 Å². The van der Waals surface area contributed by atoms with Crippen molar-refractivity contribution in [2.24, 2.45) is 5.92 Å². The molecule has 0 aliphatic heterocycles. The highest BCUT2D eigenvalue weighted by Crippen LogP contribution is 2.28. The van der Waals surface area contributed by atoms with Crippen LogP contribution in [0.5, 0.6) is 5.75 Å². The molecular formula is C16H19NO5. The number of carbonyl (C=O) groups is 2. The number of ether oxygens (including phenoxy) is 3. The highest BCUT2D eigenvalue weighted by molar-refractivity contribution is 5.96. The lowest BCUT2D eigenvalue weighted by atomic mass is 9.87. The van der Waals surface area contributed by atoms with Crippen molar-refractivity contribution in [3.63, 3.8) is 0 Å². The number of benzene rings is 1. The average Bonchev–Trinajstić information content (AvgIpc) is 2.53. The predicted octanol–water partition coefficient (Wildman–Crippen LogP) is 2.04. The molecule has 0 saturated heterocycles. The summed E-state index contributed by atoms with van der Waals surface area (Å²) in [6.07, 6.45) is 0. The maximum absolute atomic E-state index is 12.1. The molecular weight excluding hydrogens is 286 g/mol. The second-order valence-corrected chi connectivity index (χ2v) is 4.36. The van der Waals surface area contributed by atoms with Gasteiger partial charge in [-0.05, 0) is 31.5 Å². The van der Waals surface area contributed by atoms with Crippen LogP contribution in [0.4, 0.5) is 0 Å². The van der Waals surface area contributed by atoms with E-state index in [9.17, 15) is 14.9 Å². The normalized spacial score (nSPS) is 11.4. The van der Waals surface area contributed by atoms with E-state index in [4.69, 9.17) is 14.2 Å². The van der Waals surface area contributed by atoms with E-state index in [-0.39, 0.29) is 13.2 Å². The zero-order valence-electron chi connectivity index (χ0n) is 12.9. The first kappa shape index (κ1) is 17.5. The minimum atomic E-state index is -1.31. The molecule has 1 aromatic carbocycles. The maximum Gasteiger partial charge on any atom is 0.322 e. The fourth-order valence-electron chi connectivity index (χ4n) is 1.99. The molecule has 118 valence electrons. The summed E-state index contributed by atoms with van der Waals surface area (Å²) < 4.78 is 14.9. The zero-order valence-corrected chi connectivity index (χ0v) is 12.9. The van der Waals surface area contributed by atoms with Gasteiger partial charge in [0.1, 0.15) is 5.75 Å². The molecule has 1 aromatic rings. The molecule has 0 saturated carbocycles. The Morgan fingerprint density at radius 2 is 1.59 bits per heavy atom. The minimum Gasteiger partial charge on any atom is -0.497 e. The van der Waals surface area contributed by atoms with Gasteiger partial charge >= 0.3 is 11.9 Å². The van der Waals surface area contributed by atoms with Gasteiger partial charge in [0.15, 0.2) is 5.92 Å². The lowest BCUT2D eigenvalue weighted by Crippen LogP contribution is -2.33. The van der Waals surface area contributed by atoms with Crippen molar-refractivity contribution >= 4 is 11.9 Å². The maximum atomic E-state index is 12.1. The van der Waals surface area contributed by atoms with Gasteiger partial charge in [0.25, 0.3) is 0 Å². The van der Waals surface area contributed by atoms with Crippen LogP contribution in [0.15, 0.2) is 24.3 Å². The second kappa shape index (κ2) is 8.67. The van der Waals surface area contributed by atoms with Crippen LogP contribution in [0.2, 0.25) is 0 Å². The van der Waals surface area contributed by atoms with E-state index in [1.165, 1.54) is 7.11 Å². The molecule has 0 aromatic heterocycles. The zero-order chi connectivity index (χ0) is 16.5. The predicted molar refractivity (Wildman–Crippen MR) is 78.1 cm³/mol. The van der Waals surface area contributed by atoms with Gasteiger partial charge in [-0.25, -0.2) is 0 Å². The number of methoxy groups -OCH3 is 1. The Morgan fingerprint density at radius 3 is 1.95 bits per heavy atom. The summed E-state index contributed by atoms with van der Waals surface area (Å²) >= 11 is 0. The van der Waals surface area contributed by atoms with Crippen molar-refractivity contribution in [1.82, 2.24) is 0 Å². The van der Waals surface area contributed by atoms with Crippen LogP contribution in [0.25, 0.3) is 0 Å². The van der Waals surface area contributed by atoms with Crippen LogP contribution < -0.4 is 4.74 Å².